The largest absolute Gasteiger partial charge is 0.294 e. The average Bonchev–Trinajstić information content (AvgIpc) is 3.33. The second-order valence-corrected chi connectivity index (χ2v) is 10.6. The van der Waals surface area contributed by atoms with Crippen LogP contribution in [0.4, 0.5) is 0 Å². The Labute approximate surface area is 235 Å². The molecule has 0 aliphatic carbocycles. The first-order valence-electron chi connectivity index (χ1n) is 13.8. The van der Waals surface area contributed by atoms with Crippen LogP contribution in [0.15, 0.2) is 134 Å². The second kappa shape index (κ2) is 8.44. The van der Waals surface area contributed by atoms with Crippen LogP contribution in [0.3, 0.4) is 0 Å². The topological polar surface area (TPSA) is 43.6 Å². The van der Waals surface area contributed by atoms with Gasteiger partial charge in [-0.1, -0.05) is 84.9 Å². The van der Waals surface area contributed by atoms with E-state index in [1.165, 1.54) is 43.1 Å². The Bertz CT molecular complexity index is 2400. The van der Waals surface area contributed by atoms with Gasteiger partial charge in [0.1, 0.15) is 17.0 Å². The van der Waals surface area contributed by atoms with Gasteiger partial charge in [-0.15, -0.1) is 0 Å². The zero-order valence-electron chi connectivity index (χ0n) is 22.0. The van der Waals surface area contributed by atoms with Crippen molar-refractivity contribution in [2.75, 3.05) is 0 Å². The van der Waals surface area contributed by atoms with Crippen molar-refractivity contribution >= 4 is 65.2 Å². The number of pyridine rings is 1. The summed E-state index contributed by atoms with van der Waals surface area (Å²) in [5, 5.41) is 9.62. The zero-order chi connectivity index (χ0) is 26.9. The molecule has 190 valence electrons. The molecule has 0 aliphatic rings. The molecule has 6 aromatic carbocycles. The molecule has 0 saturated carbocycles. The first-order valence-corrected chi connectivity index (χ1v) is 13.8. The summed E-state index contributed by atoms with van der Waals surface area (Å²) in [5.41, 5.74) is 5.70. The van der Waals surface area contributed by atoms with E-state index in [1.54, 1.807) is 12.4 Å². The van der Waals surface area contributed by atoms with Crippen molar-refractivity contribution in [3.05, 3.63) is 134 Å². The molecule has 0 bridgehead atoms. The normalized spacial score (nSPS) is 11.9. The van der Waals surface area contributed by atoms with Gasteiger partial charge in [-0.2, -0.15) is 0 Å². The molecule has 3 aromatic heterocycles. The number of rotatable bonds is 2. The molecule has 0 fully saturated rings. The summed E-state index contributed by atoms with van der Waals surface area (Å²) in [6, 6.07) is 43.2. The Kier molecular flexibility index (Phi) is 4.58. The van der Waals surface area contributed by atoms with Gasteiger partial charge in [0.25, 0.3) is 0 Å². The van der Waals surface area contributed by atoms with Crippen molar-refractivity contribution < 1.29 is 0 Å². The fourth-order valence-corrected chi connectivity index (χ4v) is 6.25. The lowest BCUT2D eigenvalue weighted by Gasteiger charge is -2.13. The fraction of sp³-hybridized carbons (Fsp3) is 0. The Balaban J connectivity index is 1.42. The lowest BCUT2D eigenvalue weighted by atomic mass is 10.0. The van der Waals surface area contributed by atoms with Gasteiger partial charge in [0.15, 0.2) is 0 Å². The second-order valence-electron chi connectivity index (χ2n) is 10.6. The molecule has 9 aromatic rings. The summed E-state index contributed by atoms with van der Waals surface area (Å²) in [6.45, 7) is 0. The Hall–Kier alpha value is -5.61. The summed E-state index contributed by atoms with van der Waals surface area (Å²) in [7, 11) is 0. The van der Waals surface area contributed by atoms with Gasteiger partial charge in [-0.25, -0.2) is 4.98 Å². The summed E-state index contributed by atoms with van der Waals surface area (Å²) in [6.07, 6.45) is 3.50. The number of aromatic nitrogens is 4. The van der Waals surface area contributed by atoms with Gasteiger partial charge in [0, 0.05) is 34.8 Å². The van der Waals surface area contributed by atoms with Gasteiger partial charge in [-0.3, -0.25) is 14.5 Å². The third-order valence-corrected chi connectivity index (χ3v) is 8.20. The monoisotopic (exact) mass is 522 g/mol. The number of fused-ring (bicyclic) bond motifs is 7. The first kappa shape index (κ1) is 22.2. The van der Waals surface area contributed by atoms with E-state index in [2.05, 4.69) is 126 Å². The van der Waals surface area contributed by atoms with Crippen molar-refractivity contribution in [2.24, 2.45) is 0 Å². The molecule has 0 radical (unpaired) electrons. The third kappa shape index (κ3) is 3.38. The highest BCUT2D eigenvalue weighted by molar-refractivity contribution is 6.16. The highest BCUT2D eigenvalue weighted by Crippen LogP contribution is 2.38. The molecule has 0 atom stereocenters. The van der Waals surface area contributed by atoms with Crippen LogP contribution in [0.5, 0.6) is 0 Å². The highest BCUT2D eigenvalue weighted by Gasteiger charge is 2.18. The van der Waals surface area contributed by atoms with Crippen molar-refractivity contribution in [3.8, 4) is 17.1 Å². The number of hydrogen-bond acceptors (Lipinski definition) is 3. The molecule has 0 saturated heterocycles. The van der Waals surface area contributed by atoms with Crippen LogP contribution in [0.25, 0.3) is 82.2 Å². The quantitative estimate of drug-likeness (QED) is 0.227. The predicted octanol–water partition coefficient (Wildman–Crippen LogP) is 9.25. The number of benzene rings is 6. The zero-order valence-corrected chi connectivity index (χ0v) is 22.0. The molecule has 0 amide bonds. The molecule has 0 N–H and O–H groups in total. The van der Waals surface area contributed by atoms with E-state index in [0.29, 0.717) is 0 Å². The molecule has 41 heavy (non-hydrogen) atoms. The van der Waals surface area contributed by atoms with Crippen LogP contribution < -0.4 is 0 Å². The van der Waals surface area contributed by atoms with Crippen LogP contribution in [-0.2, 0) is 0 Å². The van der Waals surface area contributed by atoms with E-state index >= 15 is 0 Å². The van der Waals surface area contributed by atoms with Crippen molar-refractivity contribution in [2.45, 2.75) is 0 Å². The lowest BCUT2D eigenvalue weighted by Crippen LogP contribution is -2.01. The van der Waals surface area contributed by atoms with Gasteiger partial charge in [0.2, 0.25) is 0 Å². The molecule has 0 spiro atoms. The standard InChI is InChI=1S/C37H22N4/c1-2-8-24-17-29(14-13-23(24)7-1)36-37-32(38-15-16-39-37)22-35(40-36)41-33-20-27-11-5-3-9-25(27)18-30(33)31-19-26-10-4-6-12-28(26)21-34(31)41/h1-22H. The number of nitrogens with zero attached hydrogens (tertiary/aromatic N) is 4. The smallest absolute Gasteiger partial charge is 0.140 e. The van der Waals surface area contributed by atoms with Gasteiger partial charge >= 0.3 is 0 Å². The Morgan fingerprint density at radius 1 is 0.463 bits per heavy atom. The van der Waals surface area contributed by atoms with Crippen LogP contribution in [-0.4, -0.2) is 19.5 Å². The maximum atomic E-state index is 5.34. The van der Waals surface area contributed by atoms with Crippen molar-refractivity contribution in [3.63, 3.8) is 0 Å². The maximum Gasteiger partial charge on any atom is 0.140 e. The van der Waals surface area contributed by atoms with Crippen LogP contribution >= 0.6 is 0 Å². The summed E-state index contributed by atoms with van der Waals surface area (Å²) in [5.74, 6) is 0.826. The van der Waals surface area contributed by atoms with E-state index in [1.807, 2.05) is 0 Å². The van der Waals surface area contributed by atoms with Gasteiger partial charge < -0.3 is 0 Å². The summed E-state index contributed by atoms with van der Waals surface area (Å²) >= 11 is 0. The molecule has 9 rings (SSSR count). The van der Waals surface area contributed by atoms with Crippen molar-refractivity contribution in [1.82, 2.24) is 19.5 Å². The van der Waals surface area contributed by atoms with Crippen LogP contribution in [0.1, 0.15) is 0 Å². The minimum Gasteiger partial charge on any atom is -0.294 e. The number of hydrogen-bond donors (Lipinski definition) is 0. The van der Waals surface area contributed by atoms with E-state index in [9.17, 15) is 0 Å². The Morgan fingerprint density at radius 2 is 1.00 bits per heavy atom. The fourth-order valence-electron chi connectivity index (χ4n) is 6.25. The van der Waals surface area contributed by atoms with E-state index in [0.717, 1.165) is 39.1 Å². The SMILES string of the molecule is c1ccc2cc(-c3nc(-n4c5cc6ccccc6cc5c5cc6ccccc6cc54)cc4nccnc34)ccc2c1. The Morgan fingerprint density at radius 3 is 1.63 bits per heavy atom. The maximum absolute atomic E-state index is 5.34. The van der Waals surface area contributed by atoms with Gasteiger partial charge in [0.05, 0.1) is 16.6 Å². The molecular formula is C37H22N4. The van der Waals surface area contributed by atoms with E-state index in [4.69, 9.17) is 15.0 Å². The first-order chi connectivity index (χ1) is 20.3. The molecular weight excluding hydrogens is 500 g/mol. The van der Waals surface area contributed by atoms with E-state index < -0.39 is 0 Å². The minimum absolute atomic E-state index is 0.795. The molecule has 3 heterocycles. The average molecular weight is 523 g/mol. The van der Waals surface area contributed by atoms with Crippen LogP contribution in [0.2, 0.25) is 0 Å². The summed E-state index contributed by atoms with van der Waals surface area (Å²) in [4.78, 5) is 14.8. The molecule has 4 heteroatoms. The highest BCUT2D eigenvalue weighted by atomic mass is 15.1. The molecule has 0 unspecified atom stereocenters. The third-order valence-electron chi connectivity index (χ3n) is 8.20. The lowest BCUT2D eigenvalue weighted by molar-refractivity contribution is 1.08. The van der Waals surface area contributed by atoms with Gasteiger partial charge in [-0.05, 0) is 62.6 Å². The van der Waals surface area contributed by atoms with Crippen molar-refractivity contribution in [1.29, 1.82) is 0 Å². The van der Waals surface area contributed by atoms with E-state index in [-0.39, 0.29) is 0 Å². The summed E-state index contributed by atoms with van der Waals surface area (Å²) < 4.78 is 2.29. The molecule has 0 aliphatic heterocycles. The predicted molar refractivity (Wildman–Crippen MR) is 170 cm³/mol. The molecule has 4 nitrogen and oxygen atoms in total. The van der Waals surface area contributed by atoms with Crippen LogP contribution in [0, 0.1) is 0 Å². The minimum atomic E-state index is 0.795.